The molecule has 1 aromatic heterocycles. The molecule has 1 amide bonds. The number of hydrogen-bond acceptors (Lipinski definition) is 7. The minimum absolute atomic E-state index is 0.0989. The molecular formula is C12H17N3O7. The largest absolute Gasteiger partial charge is 0.475 e. The van der Waals surface area contributed by atoms with Crippen molar-refractivity contribution >= 4 is 11.8 Å². The molecule has 1 heterocycles. The summed E-state index contributed by atoms with van der Waals surface area (Å²) in [4.78, 5) is 23.8. The van der Waals surface area contributed by atoms with E-state index < -0.39 is 11.0 Å². The number of rotatable bonds is 11. The Hall–Kier alpha value is -2.46. The van der Waals surface area contributed by atoms with E-state index in [1.807, 2.05) is 0 Å². The number of nitrogens with zero attached hydrogens (tertiary/aromatic N) is 2. The molecule has 0 radical (unpaired) electrons. The molecule has 0 aliphatic rings. The summed E-state index contributed by atoms with van der Waals surface area (Å²) in [5.41, 5.74) is -0.0989. The second kappa shape index (κ2) is 10.3. The van der Waals surface area contributed by atoms with Gasteiger partial charge in [0, 0.05) is 18.7 Å². The standard InChI is InChI=1S/C12H17N3O7/c16-12(17)13-3-4-20-5-6-21-7-8-22-11-2-1-10(9-14-11)15(18)19/h1-2,9,13H,3-8H2,(H,16,17). The molecule has 2 N–H and O–H groups in total. The summed E-state index contributed by atoms with van der Waals surface area (Å²) in [6, 6.07) is 2.72. The van der Waals surface area contributed by atoms with Gasteiger partial charge in [-0.05, 0) is 0 Å². The van der Waals surface area contributed by atoms with Crippen LogP contribution in [0.5, 0.6) is 5.88 Å². The molecule has 0 aliphatic carbocycles. The van der Waals surface area contributed by atoms with Gasteiger partial charge in [-0.3, -0.25) is 10.1 Å². The van der Waals surface area contributed by atoms with Gasteiger partial charge in [0.2, 0.25) is 5.88 Å². The number of nitro groups is 1. The van der Waals surface area contributed by atoms with Crippen LogP contribution in [0.1, 0.15) is 0 Å². The Morgan fingerprint density at radius 1 is 1.23 bits per heavy atom. The van der Waals surface area contributed by atoms with Crippen molar-refractivity contribution in [3.8, 4) is 5.88 Å². The number of aromatic nitrogens is 1. The first-order valence-electron chi connectivity index (χ1n) is 6.45. The van der Waals surface area contributed by atoms with E-state index in [2.05, 4.69) is 10.3 Å². The Morgan fingerprint density at radius 3 is 2.50 bits per heavy atom. The maximum absolute atomic E-state index is 10.4. The predicted octanol–water partition coefficient (Wildman–Crippen LogP) is 0.669. The average molecular weight is 315 g/mol. The Balaban J connectivity index is 1.97. The number of pyridine rings is 1. The fourth-order valence-corrected chi connectivity index (χ4v) is 1.32. The lowest BCUT2D eigenvalue weighted by Gasteiger charge is -2.07. The Bertz CT molecular complexity index is 466. The van der Waals surface area contributed by atoms with Gasteiger partial charge in [-0.15, -0.1) is 0 Å². The highest BCUT2D eigenvalue weighted by molar-refractivity contribution is 5.64. The highest BCUT2D eigenvalue weighted by Crippen LogP contribution is 2.13. The lowest BCUT2D eigenvalue weighted by Crippen LogP contribution is -2.25. The van der Waals surface area contributed by atoms with Crippen molar-refractivity contribution in [1.82, 2.24) is 10.3 Å². The first-order valence-corrected chi connectivity index (χ1v) is 6.45. The van der Waals surface area contributed by atoms with Gasteiger partial charge in [-0.25, -0.2) is 9.78 Å². The van der Waals surface area contributed by atoms with Gasteiger partial charge >= 0.3 is 6.09 Å². The molecule has 0 saturated carbocycles. The highest BCUT2D eigenvalue weighted by Gasteiger charge is 2.05. The SMILES string of the molecule is O=C(O)NCCOCCOCCOc1ccc([N+](=O)[O-])cn1. The minimum Gasteiger partial charge on any atom is -0.475 e. The van der Waals surface area contributed by atoms with Crippen LogP contribution >= 0.6 is 0 Å². The first kappa shape index (κ1) is 17.6. The molecule has 0 spiro atoms. The highest BCUT2D eigenvalue weighted by atomic mass is 16.6. The van der Waals surface area contributed by atoms with E-state index in [0.717, 1.165) is 6.20 Å². The van der Waals surface area contributed by atoms with Crippen molar-refractivity contribution in [3.63, 3.8) is 0 Å². The second-order valence-electron chi connectivity index (χ2n) is 3.92. The van der Waals surface area contributed by atoms with Gasteiger partial charge in [-0.1, -0.05) is 0 Å². The van der Waals surface area contributed by atoms with Crippen LogP contribution in [-0.4, -0.2) is 60.7 Å². The van der Waals surface area contributed by atoms with E-state index in [4.69, 9.17) is 19.3 Å². The normalized spacial score (nSPS) is 10.2. The van der Waals surface area contributed by atoms with Gasteiger partial charge in [0.25, 0.3) is 5.69 Å². The van der Waals surface area contributed by atoms with Gasteiger partial charge in [0.15, 0.2) is 0 Å². The molecule has 10 nitrogen and oxygen atoms in total. The maximum atomic E-state index is 10.4. The topological polar surface area (TPSA) is 133 Å². The zero-order chi connectivity index (χ0) is 16.2. The molecule has 0 unspecified atom stereocenters. The lowest BCUT2D eigenvalue weighted by molar-refractivity contribution is -0.385. The van der Waals surface area contributed by atoms with Gasteiger partial charge in [-0.2, -0.15) is 0 Å². The fourth-order valence-electron chi connectivity index (χ4n) is 1.32. The second-order valence-corrected chi connectivity index (χ2v) is 3.92. The molecule has 0 atom stereocenters. The number of carbonyl (C=O) groups is 1. The average Bonchev–Trinajstić information content (AvgIpc) is 2.49. The summed E-state index contributed by atoms with van der Waals surface area (Å²) in [5.74, 6) is 0.283. The summed E-state index contributed by atoms with van der Waals surface area (Å²) < 4.78 is 15.6. The van der Waals surface area contributed by atoms with E-state index in [9.17, 15) is 14.9 Å². The molecular weight excluding hydrogens is 298 g/mol. The quantitative estimate of drug-likeness (QED) is 0.346. The van der Waals surface area contributed by atoms with Crippen LogP contribution in [0, 0.1) is 10.1 Å². The van der Waals surface area contributed by atoms with Crippen LogP contribution in [0.15, 0.2) is 18.3 Å². The molecule has 0 saturated heterocycles. The summed E-state index contributed by atoms with van der Waals surface area (Å²) >= 11 is 0. The number of ether oxygens (including phenoxy) is 3. The van der Waals surface area contributed by atoms with Crippen LogP contribution in [0.4, 0.5) is 10.5 Å². The van der Waals surface area contributed by atoms with Gasteiger partial charge in [0.1, 0.15) is 12.8 Å². The molecule has 1 rings (SSSR count). The molecule has 1 aromatic rings. The first-order chi connectivity index (χ1) is 10.6. The van der Waals surface area contributed by atoms with Crippen LogP contribution in [0.25, 0.3) is 0 Å². The van der Waals surface area contributed by atoms with Crippen molar-refractivity contribution in [2.45, 2.75) is 0 Å². The molecule has 0 aromatic carbocycles. The fraction of sp³-hybridized carbons (Fsp3) is 0.500. The van der Waals surface area contributed by atoms with E-state index in [-0.39, 0.29) is 31.3 Å². The molecule has 22 heavy (non-hydrogen) atoms. The van der Waals surface area contributed by atoms with Gasteiger partial charge in [0.05, 0.1) is 31.4 Å². The smallest absolute Gasteiger partial charge is 0.404 e. The molecule has 122 valence electrons. The van der Waals surface area contributed by atoms with Crippen molar-refractivity contribution in [3.05, 3.63) is 28.4 Å². The summed E-state index contributed by atoms with van der Waals surface area (Å²) in [6.45, 7) is 1.77. The summed E-state index contributed by atoms with van der Waals surface area (Å²) in [5, 5.41) is 20.9. The molecule has 0 aliphatic heterocycles. The zero-order valence-corrected chi connectivity index (χ0v) is 11.8. The molecule has 0 bridgehead atoms. The van der Waals surface area contributed by atoms with Crippen molar-refractivity contribution in [2.75, 3.05) is 39.6 Å². The van der Waals surface area contributed by atoms with E-state index >= 15 is 0 Å². The van der Waals surface area contributed by atoms with E-state index in [1.165, 1.54) is 12.1 Å². The summed E-state index contributed by atoms with van der Waals surface area (Å²) in [6.07, 6.45) is 0.0340. The number of nitrogens with one attached hydrogen (secondary N) is 1. The monoisotopic (exact) mass is 315 g/mol. The van der Waals surface area contributed by atoms with Crippen LogP contribution < -0.4 is 10.1 Å². The Kier molecular flexibility index (Phi) is 8.23. The number of amides is 1. The third kappa shape index (κ3) is 7.97. The Labute approximate surface area is 126 Å². The number of hydrogen-bond donors (Lipinski definition) is 2. The minimum atomic E-state index is -1.09. The van der Waals surface area contributed by atoms with Gasteiger partial charge < -0.3 is 24.6 Å². The number of carboxylic acid groups (broad SMARTS) is 1. The predicted molar refractivity (Wildman–Crippen MR) is 74.1 cm³/mol. The zero-order valence-electron chi connectivity index (χ0n) is 11.8. The summed E-state index contributed by atoms with van der Waals surface area (Å²) in [7, 11) is 0. The van der Waals surface area contributed by atoms with Crippen molar-refractivity contribution in [2.24, 2.45) is 0 Å². The Morgan fingerprint density at radius 2 is 1.91 bits per heavy atom. The maximum Gasteiger partial charge on any atom is 0.404 e. The van der Waals surface area contributed by atoms with Crippen molar-refractivity contribution < 1.29 is 29.0 Å². The van der Waals surface area contributed by atoms with E-state index in [0.29, 0.717) is 19.8 Å². The van der Waals surface area contributed by atoms with E-state index in [1.54, 1.807) is 0 Å². The van der Waals surface area contributed by atoms with Crippen LogP contribution in [0.2, 0.25) is 0 Å². The van der Waals surface area contributed by atoms with Crippen LogP contribution in [-0.2, 0) is 9.47 Å². The lowest BCUT2D eigenvalue weighted by atomic mass is 10.4. The molecule has 0 fully saturated rings. The molecule has 10 heteroatoms. The van der Waals surface area contributed by atoms with Crippen molar-refractivity contribution in [1.29, 1.82) is 0 Å². The van der Waals surface area contributed by atoms with Crippen LogP contribution in [0.3, 0.4) is 0 Å². The third-order valence-corrected chi connectivity index (χ3v) is 2.30. The third-order valence-electron chi connectivity index (χ3n) is 2.30.